The molecule has 0 fully saturated rings. The molecule has 0 heterocycles. The fourth-order valence-corrected chi connectivity index (χ4v) is 1.70. The fraction of sp³-hybridized carbons (Fsp3) is 0.300. The minimum Gasteiger partial charge on any atom is -0.480 e. The third kappa shape index (κ3) is 3.63. The van der Waals surface area contributed by atoms with Gasteiger partial charge in [0, 0.05) is 5.75 Å². The molecule has 0 saturated heterocycles. The summed E-state index contributed by atoms with van der Waals surface area (Å²) in [6.07, 6.45) is 0. The van der Waals surface area contributed by atoms with E-state index in [1.807, 2.05) is 0 Å². The van der Waals surface area contributed by atoms with Crippen molar-refractivity contribution in [3.63, 3.8) is 0 Å². The summed E-state index contributed by atoms with van der Waals surface area (Å²) in [5.41, 5.74) is 0.678. The Hall–Kier alpha value is -1.76. The Labute approximate surface area is 103 Å². The Bertz CT molecular complexity index is 399. The van der Waals surface area contributed by atoms with E-state index in [9.17, 15) is 14.9 Å². The van der Waals surface area contributed by atoms with E-state index >= 15 is 0 Å². The zero-order chi connectivity index (χ0) is 12.8. The molecule has 1 atom stereocenters. The van der Waals surface area contributed by atoms with Crippen molar-refractivity contribution in [2.24, 2.45) is 0 Å². The molecule has 0 amide bonds. The van der Waals surface area contributed by atoms with Crippen LogP contribution in [-0.4, -0.2) is 32.9 Å². The van der Waals surface area contributed by atoms with Crippen molar-refractivity contribution in [2.75, 3.05) is 5.75 Å². The van der Waals surface area contributed by atoms with Crippen LogP contribution in [0.1, 0.15) is 5.56 Å². The van der Waals surface area contributed by atoms with Crippen LogP contribution < -0.4 is 0 Å². The number of hydrazine groups is 1. The molecule has 0 aliphatic carbocycles. The molecule has 6 nitrogen and oxygen atoms in total. The van der Waals surface area contributed by atoms with Gasteiger partial charge < -0.3 is 5.11 Å². The number of carboxylic acids is 1. The largest absolute Gasteiger partial charge is 0.480 e. The second kappa shape index (κ2) is 6.09. The lowest BCUT2D eigenvalue weighted by Crippen LogP contribution is -2.45. The summed E-state index contributed by atoms with van der Waals surface area (Å²) in [6.45, 7) is -0.0641. The van der Waals surface area contributed by atoms with E-state index in [1.54, 1.807) is 30.3 Å². The SMILES string of the molecule is O=C(O)C(CS)N(Cc1ccccc1)[N+](=O)[O-]. The van der Waals surface area contributed by atoms with Crippen LogP contribution >= 0.6 is 12.6 Å². The van der Waals surface area contributed by atoms with Gasteiger partial charge in [-0.05, 0) is 5.56 Å². The number of nitro groups is 1. The summed E-state index contributed by atoms with van der Waals surface area (Å²) in [5, 5.41) is 19.7. The Morgan fingerprint density at radius 2 is 2.06 bits per heavy atom. The maximum Gasteiger partial charge on any atom is 0.333 e. The van der Waals surface area contributed by atoms with Gasteiger partial charge in [-0.25, -0.2) is 14.9 Å². The summed E-state index contributed by atoms with van der Waals surface area (Å²) in [5.74, 6) is -1.38. The van der Waals surface area contributed by atoms with E-state index in [4.69, 9.17) is 5.11 Å². The van der Waals surface area contributed by atoms with Crippen molar-refractivity contribution in [3.8, 4) is 0 Å². The molecule has 92 valence electrons. The van der Waals surface area contributed by atoms with Crippen molar-refractivity contribution in [1.29, 1.82) is 0 Å². The number of nitrogens with zero attached hydrogens (tertiary/aromatic N) is 2. The summed E-state index contributed by atoms with van der Waals surface area (Å²) in [6, 6.07) is 7.43. The molecule has 7 heteroatoms. The highest BCUT2D eigenvalue weighted by atomic mass is 32.1. The summed E-state index contributed by atoms with van der Waals surface area (Å²) < 4.78 is 0. The first kappa shape index (κ1) is 13.3. The molecule has 1 unspecified atom stereocenters. The Morgan fingerprint density at radius 1 is 1.47 bits per heavy atom. The van der Waals surface area contributed by atoms with Gasteiger partial charge >= 0.3 is 5.97 Å². The number of rotatable bonds is 6. The Morgan fingerprint density at radius 3 is 2.47 bits per heavy atom. The van der Waals surface area contributed by atoms with Gasteiger partial charge in [-0.1, -0.05) is 30.3 Å². The molecule has 0 radical (unpaired) electrons. The van der Waals surface area contributed by atoms with E-state index in [-0.39, 0.29) is 12.3 Å². The molecule has 1 rings (SSSR count). The third-order valence-corrected chi connectivity index (χ3v) is 2.56. The molecule has 1 aromatic rings. The van der Waals surface area contributed by atoms with Crippen LogP contribution in [0.2, 0.25) is 0 Å². The molecule has 0 saturated carbocycles. The zero-order valence-electron chi connectivity index (χ0n) is 8.89. The van der Waals surface area contributed by atoms with Crippen molar-refractivity contribution >= 4 is 18.6 Å². The molecule has 0 bridgehead atoms. The van der Waals surface area contributed by atoms with Gasteiger partial charge in [0.2, 0.25) is 0 Å². The molecular weight excluding hydrogens is 244 g/mol. The van der Waals surface area contributed by atoms with E-state index in [0.29, 0.717) is 10.6 Å². The number of thiol groups is 1. The minimum atomic E-state index is -1.26. The topological polar surface area (TPSA) is 83.7 Å². The van der Waals surface area contributed by atoms with Crippen LogP contribution in [0, 0.1) is 10.1 Å². The molecule has 0 aliphatic rings. The van der Waals surface area contributed by atoms with Crippen LogP contribution in [0.25, 0.3) is 0 Å². The van der Waals surface area contributed by atoms with Crippen LogP contribution in [0.5, 0.6) is 0 Å². The highest BCUT2D eigenvalue weighted by Gasteiger charge is 2.31. The minimum absolute atomic E-state index is 0.0641. The normalized spacial score (nSPS) is 11.8. The fourth-order valence-electron chi connectivity index (χ4n) is 1.35. The Kier molecular flexibility index (Phi) is 4.77. The highest BCUT2D eigenvalue weighted by Crippen LogP contribution is 2.10. The van der Waals surface area contributed by atoms with Gasteiger partial charge in [0.15, 0.2) is 11.1 Å². The first-order chi connectivity index (χ1) is 8.06. The van der Waals surface area contributed by atoms with Gasteiger partial charge in [0.05, 0.1) is 0 Å². The lowest BCUT2D eigenvalue weighted by atomic mass is 10.2. The standard InChI is InChI=1S/C10H12N2O4S/c13-10(14)9(7-17)11(12(15)16)6-8-4-2-1-3-5-8/h1-5,9,17H,6-7H2,(H,13,14). The van der Waals surface area contributed by atoms with Crippen molar-refractivity contribution in [2.45, 2.75) is 12.6 Å². The number of hydrogen-bond acceptors (Lipinski definition) is 4. The average molecular weight is 256 g/mol. The van der Waals surface area contributed by atoms with Crippen molar-refractivity contribution in [3.05, 3.63) is 46.0 Å². The summed E-state index contributed by atoms with van der Waals surface area (Å²) in [7, 11) is 0. The van der Waals surface area contributed by atoms with Crippen LogP contribution in [-0.2, 0) is 11.3 Å². The number of aliphatic carboxylic acids is 1. The number of carbonyl (C=O) groups is 1. The van der Waals surface area contributed by atoms with Crippen LogP contribution in [0.3, 0.4) is 0 Å². The maximum atomic E-state index is 10.9. The van der Waals surface area contributed by atoms with Gasteiger partial charge in [-0.2, -0.15) is 12.6 Å². The highest BCUT2D eigenvalue weighted by molar-refractivity contribution is 7.80. The first-order valence-corrected chi connectivity index (χ1v) is 5.48. The molecule has 1 N–H and O–H groups in total. The van der Waals surface area contributed by atoms with Gasteiger partial charge in [-0.15, -0.1) is 5.01 Å². The predicted molar refractivity (Wildman–Crippen MR) is 64.3 cm³/mol. The molecule has 1 aromatic carbocycles. The number of benzene rings is 1. The molecule has 0 aromatic heterocycles. The smallest absolute Gasteiger partial charge is 0.333 e. The van der Waals surface area contributed by atoms with Crippen molar-refractivity contribution < 1.29 is 14.9 Å². The number of carboxylic acid groups (broad SMARTS) is 1. The zero-order valence-corrected chi connectivity index (χ0v) is 9.79. The summed E-state index contributed by atoms with van der Waals surface area (Å²) >= 11 is 3.83. The van der Waals surface area contributed by atoms with Crippen LogP contribution in [0.15, 0.2) is 30.3 Å². The molecular formula is C10H12N2O4S. The van der Waals surface area contributed by atoms with E-state index in [2.05, 4.69) is 12.6 Å². The third-order valence-electron chi connectivity index (χ3n) is 2.21. The second-order valence-corrected chi connectivity index (χ2v) is 3.72. The van der Waals surface area contributed by atoms with E-state index < -0.39 is 17.0 Å². The second-order valence-electron chi connectivity index (χ2n) is 3.36. The first-order valence-electron chi connectivity index (χ1n) is 4.84. The number of hydrogen-bond donors (Lipinski definition) is 2. The van der Waals surface area contributed by atoms with Crippen LogP contribution in [0.4, 0.5) is 0 Å². The molecule has 0 spiro atoms. The predicted octanol–water partition coefficient (Wildman–Crippen LogP) is 1.06. The monoisotopic (exact) mass is 256 g/mol. The maximum absolute atomic E-state index is 10.9. The van der Waals surface area contributed by atoms with E-state index in [0.717, 1.165) is 0 Å². The Balaban J connectivity index is 2.87. The molecule has 17 heavy (non-hydrogen) atoms. The molecule has 0 aliphatic heterocycles. The lowest BCUT2D eigenvalue weighted by molar-refractivity contribution is -0.664. The van der Waals surface area contributed by atoms with Gasteiger partial charge in [0.1, 0.15) is 6.54 Å². The lowest BCUT2D eigenvalue weighted by Gasteiger charge is -2.19. The van der Waals surface area contributed by atoms with Gasteiger partial charge in [-0.3, -0.25) is 0 Å². The summed E-state index contributed by atoms with van der Waals surface area (Å²) in [4.78, 5) is 21.7. The van der Waals surface area contributed by atoms with Crippen molar-refractivity contribution in [1.82, 2.24) is 5.01 Å². The average Bonchev–Trinajstić information content (AvgIpc) is 2.29. The quantitative estimate of drug-likeness (QED) is 0.452. The van der Waals surface area contributed by atoms with Gasteiger partial charge in [0.25, 0.3) is 0 Å². The van der Waals surface area contributed by atoms with E-state index in [1.165, 1.54) is 0 Å².